The van der Waals surface area contributed by atoms with Crippen LogP contribution in [0.15, 0.2) is 71.7 Å². The number of amides is 1. The molecule has 0 unspecified atom stereocenters. The van der Waals surface area contributed by atoms with Gasteiger partial charge in [-0.1, -0.05) is 31.2 Å². The van der Waals surface area contributed by atoms with E-state index in [1.165, 1.54) is 29.0 Å². The van der Waals surface area contributed by atoms with E-state index < -0.39 is 23.2 Å². The Kier molecular flexibility index (Phi) is 5.95. The molecule has 0 bridgehead atoms. The number of para-hydroxylation sites is 1. The van der Waals surface area contributed by atoms with E-state index in [1.54, 1.807) is 30.3 Å². The Morgan fingerprint density at radius 3 is 2.55 bits per heavy atom. The van der Waals surface area contributed by atoms with Gasteiger partial charge >= 0.3 is 6.18 Å². The number of hydrogen-bond donors (Lipinski definition) is 1. The van der Waals surface area contributed by atoms with Gasteiger partial charge in [0.2, 0.25) is 0 Å². The number of halogens is 3. The second-order valence-corrected chi connectivity index (χ2v) is 7.34. The Hall–Kier alpha value is -4.01. The lowest BCUT2D eigenvalue weighted by Crippen LogP contribution is -2.25. The molecule has 0 atom stereocenters. The van der Waals surface area contributed by atoms with Crippen molar-refractivity contribution in [3.8, 4) is 11.4 Å². The van der Waals surface area contributed by atoms with E-state index in [-0.39, 0.29) is 34.4 Å². The van der Waals surface area contributed by atoms with Gasteiger partial charge in [0.15, 0.2) is 0 Å². The SMILES string of the molecule is CCCn1c(-c2cccc(C(F)(F)F)c2)nc2c(C(=O)Nc3ccccn3)cccc2c1=O. The van der Waals surface area contributed by atoms with Crippen molar-refractivity contribution in [1.29, 1.82) is 0 Å². The average Bonchev–Trinajstić information content (AvgIpc) is 2.80. The fourth-order valence-corrected chi connectivity index (χ4v) is 3.53. The summed E-state index contributed by atoms with van der Waals surface area (Å²) in [5.74, 6) is -0.148. The molecule has 1 N–H and O–H groups in total. The van der Waals surface area contributed by atoms with E-state index in [9.17, 15) is 22.8 Å². The van der Waals surface area contributed by atoms with Crippen LogP contribution in [0.5, 0.6) is 0 Å². The molecule has 168 valence electrons. The van der Waals surface area contributed by atoms with E-state index in [4.69, 9.17) is 0 Å². The van der Waals surface area contributed by atoms with Gasteiger partial charge in [-0.05, 0) is 42.8 Å². The molecule has 0 spiro atoms. The van der Waals surface area contributed by atoms with Crippen LogP contribution in [0.1, 0.15) is 29.3 Å². The summed E-state index contributed by atoms with van der Waals surface area (Å²) < 4.78 is 41.2. The molecular formula is C24H19F3N4O2. The molecule has 2 aromatic heterocycles. The second kappa shape index (κ2) is 8.85. The van der Waals surface area contributed by atoms with Crippen LogP contribution in [-0.2, 0) is 12.7 Å². The zero-order valence-corrected chi connectivity index (χ0v) is 17.6. The Morgan fingerprint density at radius 2 is 1.85 bits per heavy atom. The van der Waals surface area contributed by atoms with E-state index in [2.05, 4.69) is 15.3 Å². The number of nitrogens with one attached hydrogen (secondary N) is 1. The maximum atomic E-state index is 13.3. The van der Waals surface area contributed by atoms with Crippen LogP contribution in [0.4, 0.5) is 19.0 Å². The molecule has 2 heterocycles. The zero-order chi connectivity index (χ0) is 23.6. The first-order chi connectivity index (χ1) is 15.8. The normalized spacial score (nSPS) is 11.5. The van der Waals surface area contributed by atoms with E-state index in [0.717, 1.165) is 12.1 Å². The number of alkyl halides is 3. The van der Waals surface area contributed by atoms with Crippen molar-refractivity contribution < 1.29 is 18.0 Å². The largest absolute Gasteiger partial charge is 0.416 e. The van der Waals surface area contributed by atoms with Crippen molar-refractivity contribution in [2.45, 2.75) is 26.1 Å². The molecule has 2 aromatic carbocycles. The summed E-state index contributed by atoms with van der Waals surface area (Å²) in [4.78, 5) is 34.8. The maximum Gasteiger partial charge on any atom is 0.416 e. The van der Waals surface area contributed by atoms with Crippen LogP contribution < -0.4 is 10.9 Å². The highest BCUT2D eigenvalue weighted by atomic mass is 19.4. The standard InChI is InChI=1S/C24H19F3N4O2/c1-2-13-31-21(15-7-5-8-16(14-15)24(25,26)27)30-20-17(9-6-10-18(20)23(31)33)22(32)29-19-11-3-4-12-28-19/h3-12,14H,2,13H2,1H3,(H,28,29,32). The number of carbonyl (C=O) groups is 1. The van der Waals surface area contributed by atoms with E-state index in [1.807, 2.05) is 6.92 Å². The lowest BCUT2D eigenvalue weighted by atomic mass is 10.1. The van der Waals surface area contributed by atoms with Crippen LogP contribution in [0.3, 0.4) is 0 Å². The summed E-state index contributed by atoms with van der Waals surface area (Å²) in [5.41, 5.74) is -0.916. The van der Waals surface area contributed by atoms with Gasteiger partial charge in [-0.25, -0.2) is 9.97 Å². The number of benzene rings is 2. The molecule has 33 heavy (non-hydrogen) atoms. The summed E-state index contributed by atoms with van der Waals surface area (Å²) >= 11 is 0. The van der Waals surface area contributed by atoms with Gasteiger partial charge in [0.05, 0.1) is 22.0 Å². The van der Waals surface area contributed by atoms with E-state index in [0.29, 0.717) is 12.2 Å². The van der Waals surface area contributed by atoms with Crippen molar-refractivity contribution in [3.63, 3.8) is 0 Å². The highest BCUT2D eigenvalue weighted by molar-refractivity contribution is 6.11. The Morgan fingerprint density at radius 1 is 1.06 bits per heavy atom. The number of hydrogen-bond acceptors (Lipinski definition) is 4. The number of rotatable bonds is 5. The van der Waals surface area contributed by atoms with Crippen molar-refractivity contribution in [3.05, 3.63) is 88.3 Å². The fraction of sp³-hybridized carbons (Fsp3) is 0.167. The number of aromatic nitrogens is 3. The predicted octanol–water partition coefficient (Wildman–Crippen LogP) is 5.14. The Bertz CT molecular complexity index is 1380. The van der Waals surface area contributed by atoms with Crippen LogP contribution in [0, 0.1) is 0 Å². The number of pyridine rings is 1. The lowest BCUT2D eigenvalue weighted by Gasteiger charge is -2.16. The molecular weight excluding hydrogens is 433 g/mol. The number of nitrogens with zero attached hydrogens (tertiary/aromatic N) is 3. The van der Waals surface area contributed by atoms with Crippen LogP contribution in [0.25, 0.3) is 22.3 Å². The molecule has 0 saturated carbocycles. The third-order valence-corrected chi connectivity index (χ3v) is 5.03. The first-order valence-electron chi connectivity index (χ1n) is 10.2. The molecule has 9 heteroatoms. The summed E-state index contributed by atoms with van der Waals surface area (Å²) in [7, 11) is 0. The summed E-state index contributed by atoms with van der Waals surface area (Å²) in [6.07, 6.45) is -2.46. The molecule has 1 amide bonds. The monoisotopic (exact) mass is 452 g/mol. The van der Waals surface area contributed by atoms with Gasteiger partial charge in [0.25, 0.3) is 11.5 Å². The zero-order valence-electron chi connectivity index (χ0n) is 17.6. The number of carbonyl (C=O) groups excluding carboxylic acids is 1. The minimum atomic E-state index is -4.55. The molecule has 4 aromatic rings. The van der Waals surface area contributed by atoms with Crippen molar-refractivity contribution in [1.82, 2.24) is 14.5 Å². The third-order valence-electron chi connectivity index (χ3n) is 5.03. The fourth-order valence-electron chi connectivity index (χ4n) is 3.53. The Labute approximate surface area is 186 Å². The minimum Gasteiger partial charge on any atom is -0.306 e. The highest BCUT2D eigenvalue weighted by Gasteiger charge is 2.31. The predicted molar refractivity (Wildman–Crippen MR) is 119 cm³/mol. The van der Waals surface area contributed by atoms with Crippen LogP contribution >= 0.6 is 0 Å². The van der Waals surface area contributed by atoms with Crippen LogP contribution in [0.2, 0.25) is 0 Å². The molecule has 0 fully saturated rings. The molecule has 4 rings (SSSR count). The summed E-state index contributed by atoms with van der Waals surface area (Å²) in [6.45, 7) is 2.11. The molecule has 0 aliphatic carbocycles. The Balaban J connectivity index is 1.92. The highest BCUT2D eigenvalue weighted by Crippen LogP contribution is 2.32. The molecule has 0 aliphatic heterocycles. The number of anilines is 1. The van der Waals surface area contributed by atoms with Crippen molar-refractivity contribution in [2.75, 3.05) is 5.32 Å². The molecule has 0 aliphatic rings. The lowest BCUT2D eigenvalue weighted by molar-refractivity contribution is -0.137. The van der Waals surface area contributed by atoms with Gasteiger partial charge in [-0.2, -0.15) is 13.2 Å². The van der Waals surface area contributed by atoms with Gasteiger partial charge in [0.1, 0.15) is 11.6 Å². The van der Waals surface area contributed by atoms with Crippen LogP contribution in [-0.4, -0.2) is 20.4 Å². The quantitative estimate of drug-likeness (QED) is 0.455. The van der Waals surface area contributed by atoms with Gasteiger partial charge in [0, 0.05) is 18.3 Å². The molecule has 0 radical (unpaired) electrons. The van der Waals surface area contributed by atoms with Crippen molar-refractivity contribution in [2.24, 2.45) is 0 Å². The van der Waals surface area contributed by atoms with Gasteiger partial charge < -0.3 is 5.32 Å². The minimum absolute atomic E-state index is 0.0681. The topological polar surface area (TPSA) is 76.9 Å². The number of fused-ring (bicyclic) bond motifs is 1. The van der Waals surface area contributed by atoms with Gasteiger partial charge in [-0.3, -0.25) is 14.2 Å². The molecule has 0 saturated heterocycles. The molecule has 6 nitrogen and oxygen atoms in total. The third kappa shape index (κ3) is 4.48. The van der Waals surface area contributed by atoms with Gasteiger partial charge in [-0.15, -0.1) is 0 Å². The smallest absolute Gasteiger partial charge is 0.306 e. The summed E-state index contributed by atoms with van der Waals surface area (Å²) in [6, 6.07) is 14.3. The first-order valence-corrected chi connectivity index (χ1v) is 10.2. The summed E-state index contributed by atoms with van der Waals surface area (Å²) in [5, 5.41) is 2.85. The second-order valence-electron chi connectivity index (χ2n) is 7.34. The maximum absolute atomic E-state index is 13.3. The van der Waals surface area contributed by atoms with Crippen molar-refractivity contribution >= 4 is 22.6 Å². The average molecular weight is 452 g/mol. The first kappa shape index (κ1) is 22.2. The van der Waals surface area contributed by atoms with E-state index >= 15 is 0 Å².